The first-order valence-electron chi connectivity index (χ1n) is 9.17. The molecule has 0 radical (unpaired) electrons. The molecule has 1 fully saturated rings. The molecule has 1 heterocycles. The highest BCUT2D eigenvalue weighted by atomic mass is 35.5. The van der Waals surface area contributed by atoms with Crippen LogP contribution in [0.5, 0.6) is 5.75 Å². The van der Waals surface area contributed by atoms with Crippen LogP contribution in [0.1, 0.15) is 6.92 Å². The van der Waals surface area contributed by atoms with Crippen molar-refractivity contribution in [1.29, 1.82) is 0 Å². The Morgan fingerprint density at radius 2 is 1.83 bits per heavy atom. The van der Waals surface area contributed by atoms with Crippen molar-refractivity contribution in [3.05, 3.63) is 53.6 Å². The van der Waals surface area contributed by atoms with Crippen molar-refractivity contribution in [2.75, 3.05) is 38.3 Å². The summed E-state index contributed by atoms with van der Waals surface area (Å²) >= 11 is 6.26. The number of carbonyl (C=O) groups excluding carboxylic acids is 1. The third-order valence-electron chi connectivity index (χ3n) is 4.64. The van der Waals surface area contributed by atoms with Gasteiger partial charge in [0.05, 0.1) is 23.1 Å². The predicted molar refractivity (Wildman–Crippen MR) is 111 cm³/mol. The average molecular weight is 439 g/mol. The second-order valence-electron chi connectivity index (χ2n) is 6.60. The number of ether oxygens (including phenoxy) is 2. The van der Waals surface area contributed by atoms with Gasteiger partial charge in [0, 0.05) is 25.8 Å². The van der Waals surface area contributed by atoms with Crippen LogP contribution in [0.3, 0.4) is 0 Å². The van der Waals surface area contributed by atoms with E-state index in [0.717, 1.165) is 5.69 Å². The Morgan fingerprint density at radius 1 is 1.17 bits per heavy atom. The molecule has 156 valence electrons. The van der Waals surface area contributed by atoms with Crippen LogP contribution < -0.4 is 9.64 Å². The van der Waals surface area contributed by atoms with Gasteiger partial charge in [-0.15, -0.1) is 0 Å². The third-order valence-corrected chi connectivity index (χ3v) is 6.83. The zero-order chi connectivity index (χ0) is 21.0. The molecule has 3 rings (SSSR count). The summed E-state index contributed by atoms with van der Waals surface area (Å²) in [6, 6.07) is 13.5. The minimum absolute atomic E-state index is 0.0807. The molecule has 1 aliphatic heterocycles. The number of amides is 1. The minimum Gasteiger partial charge on any atom is -0.479 e. The highest BCUT2D eigenvalue weighted by molar-refractivity contribution is 7.89. The normalized spacial score (nSPS) is 16.2. The molecule has 1 amide bonds. The number of carbonyl (C=O) groups is 1. The van der Waals surface area contributed by atoms with Crippen molar-refractivity contribution in [3.8, 4) is 5.75 Å². The smallest absolute Gasteiger partial charge is 0.267 e. The highest BCUT2D eigenvalue weighted by Crippen LogP contribution is 2.30. The van der Waals surface area contributed by atoms with Gasteiger partial charge >= 0.3 is 0 Å². The van der Waals surface area contributed by atoms with Crippen LogP contribution >= 0.6 is 11.6 Å². The van der Waals surface area contributed by atoms with Crippen molar-refractivity contribution in [2.24, 2.45) is 0 Å². The van der Waals surface area contributed by atoms with Crippen LogP contribution in [0.4, 0.5) is 5.69 Å². The summed E-state index contributed by atoms with van der Waals surface area (Å²) < 4.78 is 37.8. The topological polar surface area (TPSA) is 76.1 Å². The van der Waals surface area contributed by atoms with Crippen molar-refractivity contribution in [3.63, 3.8) is 0 Å². The standard InChI is InChI=1S/C20H23ClN2O5S/c1-15(20(24)22(2)16-6-4-3-5-7-16)28-19-9-8-17(14-18(19)21)29(25,26)23-10-12-27-13-11-23/h3-9,14-15H,10-13H2,1-2H3/t15-/m1/s1. The Hall–Kier alpha value is -2.13. The Kier molecular flexibility index (Phi) is 6.79. The molecule has 1 aliphatic rings. The zero-order valence-electron chi connectivity index (χ0n) is 16.2. The fraction of sp³-hybridized carbons (Fsp3) is 0.350. The lowest BCUT2D eigenvalue weighted by Crippen LogP contribution is -2.40. The Balaban J connectivity index is 1.72. The van der Waals surface area contributed by atoms with Crippen LogP contribution in [0, 0.1) is 0 Å². The van der Waals surface area contributed by atoms with Gasteiger partial charge in [0.1, 0.15) is 5.75 Å². The Bertz CT molecular complexity index is 962. The van der Waals surface area contributed by atoms with Gasteiger partial charge in [-0.05, 0) is 37.3 Å². The molecule has 9 heteroatoms. The SMILES string of the molecule is C[C@@H](Oc1ccc(S(=O)(=O)N2CCOCC2)cc1Cl)C(=O)N(C)c1ccccc1. The average Bonchev–Trinajstić information content (AvgIpc) is 2.75. The van der Waals surface area contributed by atoms with Gasteiger partial charge in [0.15, 0.2) is 6.10 Å². The van der Waals surface area contributed by atoms with Crippen molar-refractivity contribution < 1.29 is 22.7 Å². The molecule has 2 aromatic rings. The van der Waals surface area contributed by atoms with Gasteiger partial charge in [-0.1, -0.05) is 29.8 Å². The van der Waals surface area contributed by atoms with E-state index in [1.54, 1.807) is 14.0 Å². The first-order valence-corrected chi connectivity index (χ1v) is 11.0. The number of anilines is 1. The van der Waals surface area contributed by atoms with Crippen LogP contribution in [-0.4, -0.2) is 58.1 Å². The number of hydrogen-bond acceptors (Lipinski definition) is 5. The van der Waals surface area contributed by atoms with Crippen molar-refractivity contribution in [1.82, 2.24) is 4.31 Å². The molecule has 29 heavy (non-hydrogen) atoms. The molecule has 0 spiro atoms. The molecule has 0 aromatic heterocycles. The van der Waals surface area contributed by atoms with E-state index in [1.165, 1.54) is 27.4 Å². The second-order valence-corrected chi connectivity index (χ2v) is 8.95. The summed E-state index contributed by atoms with van der Waals surface area (Å²) in [6.07, 6.45) is -0.806. The van der Waals surface area contributed by atoms with E-state index in [-0.39, 0.29) is 21.6 Å². The van der Waals surface area contributed by atoms with Crippen molar-refractivity contribution in [2.45, 2.75) is 17.9 Å². The number of morpholine rings is 1. The van der Waals surface area contributed by atoms with E-state index < -0.39 is 16.1 Å². The largest absolute Gasteiger partial charge is 0.479 e. The fourth-order valence-electron chi connectivity index (χ4n) is 2.97. The molecule has 0 saturated carbocycles. The summed E-state index contributed by atoms with van der Waals surface area (Å²) in [6.45, 7) is 2.95. The van der Waals surface area contributed by atoms with Gasteiger partial charge in [0.25, 0.3) is 5.91 Å². The second kappa shape index (κ2) is 9.13. The van der Waals surface area contributed by atoms with Crippen LogP contribution in [0.15, 0.2) is 53.4 Å². The monoisotopic (exact) mass is 438 g/mol. The lowest BCUT2D eigenvalue weighted by molar-refractivity contribution is -0.124. The number of nitrogens with zero attached hydrogens (tertiary/aromatic N) is 2. The predicted octanol–water partition coefficient (Wildman–Crippen LogP) is 2.79. The number of sulfonamides is 1. The number of likely N-dealkylation sites (N-methyl/N-ethyl adjacent to an activating group) is 1. The highest BCUT2D eigenvalue weighted by Gasteiger charge is 2.27. The van der Waals surface area contributed by atoms with E-state index in [9.17, 15) is 13.2 Å². The molecule has 0 unspecified atom stereocenters. The van der Waals surface area contributed by atoms with E-state index >= 15 is 0 Å². The number of benzene rings is 2. The Labute approximate surface area is 175 Å². The summed E-state index contributed by atoms with van der Waals surface area (Å²) in [5.41, 5.74) is 0.742. The van der Waals surface area contributed by atoms with Crippen LogP contribution in [-0.2, 0) is 19.6 Å². The van der Waals surface area contributed by atoms with Gasteiger partial charge in [-0.3, -0.25) is 4.79 Å². The zero-order valence-corrected chi connectivity index (χ0v) is 17.8. The molecule has 0 N–H and O–H groups in total. The molecular formula is C20H23ClN2O5S. The van der Waals surface area contributed by atoms with E-state index in [0.29, 0.717) is 26.3 Å². The van der Waals surface area contributed by atoms with Gasteiger partial charge in [0.2, 0.25) is 10.0 Å². The van der Waals surface area contributed by atoms with Gasteiger partial charge < -0.3 is 14.4 Å². The summed E-state index contributed by atoms with van der Waals surface area (Å²) in [4.78, 5) is 14.2. The summed E-state index contributed by atoms with van der Waals surface area (Å²) in [5.74, 6) is -0.00723. The quantitative estimate of drug-likeness (QED) is 0.693. The maximum atomic E-state index is 12.7. The van der Waals surface area contributed by atoms with Gasteiger partial charge in [-0.2, -0.15) is 4.31 Å². The summed E-state index contributed by atoms with van der Waals surface area (Å²) in [5, 5.41) is 0.126. The minimum atomic E-state index is -3.66. The van der Waals surface area contributed by atoms with E-state index in [4.69, 9.17) is 21.1 Å². The van der Waals surface area contributed by atoms with Crippen LogP contribution in [0.2, 0.25) is 5.02 Å². The Morgan fingerprint density at radius 3 is 2.45 bits per heavy atom. The lowest BCUT2D eigenvalue weighted by Gasteiger charge is -2.26. The molecule has 1 atom stereocenters. The number of para-hydroxylation sites is 1. The summed E-state index contributed by atoms with van der Waals surface area (Å²) in [7, 11) is -1.99. The van der Waals surface area contributed by atoms with E-state index in [1.807, 2.05) is 30.3 Å². The van der Waals surface area contributed by atoms with Crippen LogP contribution in [0.25, 0.3) is 0 Å². The lowest BCUT2D eigenvalue weighted by atomic mass is 10.2. The molecular weight excluding hydrogens is 416 g/mol. The number of halogens is 1. The fourth-order valence-corrected chi connectivity index (χ4v) is 4.69. The molecule has 0 aliphatic carbocycles. The molecule has 1 saturated heterocycles. The van der Waals surface area contributed by atoms with Gasteiger partial charge in [-0.25, -0.2) is 8.42 Å². The van der Waals surface area contributed by atoms with E-state index in [2.05, 4.69) is 0 Å². The molecule has 2 aromatic carbocycles. The van der Waals surface area contributed by atoms with Crippen molar-refractivity contribution >= 4 is 33.2 Å². The number of hydrogen-bond donors (Lipinski definition) is 0. The maximum absolute atomic E-state index is 12.7. The first-order chi connectivity index (χ1) is 13.8. The third kappa shape index (κ3) is 4.90. The molecule has 7 nitrogen and oxygen atoms in total. The molecule has 0 bridgehead atoms. The first kappa shape index (κ1) is 21.6. The number of rotatable bonds is 6. The maximum Gasteiger partial charge on any atom is 0.267 e.